The van der Waals surface area contributed by atoms with E-state index >= 15 is 0 Å². The molecule has 0 aromatic heterocycles. The lowest BCUT2D eigenvalue weighted by Gasteiger charge is -2.14. The van der Waals surface area contributed by atoms with Crippen molar-refractivity contribution in [3.8, 4) is 0 Å². The maximum atomic E-state index is 13.2. The van der Waals surface area contributed by atoms with Gasteiger partial charge in [-0.2, -0.15) is 0 Å². The molecule has 0 bridgehead atoms. The normalized spacial score (nSPS) is 15.0. The van der Waals surface area contributed by atoms with Crippen molar-refractivity contribution in [2.75, 3.05) is 0 Å². The van der Waals surface area contributed by atoms with E-state index in [9.17, 15) is 8.78 Å². The molecule has 1 nitrogen and oxygen atoms in total. The summed E-state index contributed by atoms with van der Waals surface area (Å²) in [5.41, 5.74) is 0.116. The first kappa shape index (κ1) is 12.1. The van der Waals surface area contributed by atoms with Crippen molar-refractivity contribution in [2.45, 2.75) is 32.8 Å². The van der Waals surface area contributed by atoms with Gasteiger partial charge < -0.3 is 5.11 Å². The molecule has 3 heteroatoms. The van der Waals surface area contributed by atoms with Crippen molar-refractivity contribution in [1.29, 1.82) is 0 Å². The fourth-order valence-electron chi connectivity index (χ4n) is 1.74. The molecule has 0 aliphatic rings. The molecular weight excluding hydrogens is 198 g/mol. The molecule has 84 valence electrons. The van der Waals surface area contributed by atoms with Crippen LogP contribution in [-0.4, -0.2) is 11.2 Å². The van der Waals surface area contributed by atoms with Gasteiger partial charge in [0.05, 0.1) is 6.10 Å². The van der Waals surface area contributed by atoms with E-state index in [1.807, 2.05) is 6.92 Å². The van der Waals surface area contributed by atoms with Crippen molar-refractivity contribution in [1.82, 2.24) is 0 Å². The summed E-state index contributed by atoms with van der Waals surface area (Å²) in [6.45, 7) is 3.55. The van der Waals surface area contributed by atoms with Gasteiger partial charge in [-0.15, -0.1) is 0 Å². The SMILES string of the molecule is CC(O)CC(C)Cc1c(F)cccc1F. The minimum absolute atomic E-state index is 0.0661. The van der Waals surface area contributed by atoms with E-state index in [0.717, 1.165) is 0 Å². The van der Waals surface area contributed by atoms with Crippen LogP contribution in [0, 0.1) is 17.6 Å². The van der Waals surface area contributed by atoms with Crippen LogP contribution in [0.15, 0.2) is 18.2 Å². The Balaban J connectivity index is 2.71. The van der Waals surface area contributed by atoms with Crippen LogP contribution in [-0.2, 0) is 6.42 Å². The number of benzene rings is 1. The van der Waals surface area contributed by atoms with Gasteiger partial charge in [-0.3, -0.25) is 0 Å². The minimum atomic E-state index is -0.507. The maximum Gasteiger partial charge on any atom is 0.129 e. The summed E-state index contributed by atoms with van der Waals surface area (Å²) in [5, 5.41) is 9.15. The first-order chi connectivity index (χ1) is 7.00. The highest BCUT2D eigenvalue weighted by Gasteiger charge is 2.13. The molecule has 2 unspecified atom stereocenters. The molecule has 1 aromatic rings. The highest BCUT2D eigenvalue weighted by molar-refractivity contribution is 5.20. The van der Waals surface area contributed by atoms with Crippen LogP contribution in [0.2, 0.25) is 0 Å². The van der Waals surface area contributed by atoms with Gasteiger partial charge in [0.25, 0.3) is 0 Å². The number of halogens is 2. The first-order valence-electron chi connectivity index (χ1n) is 5.11. The van der Waals surface area contributed by atoms with Crippen LogP contribution in [0.25, 0.3) is 0 Å². The van der Waals surface area contributed by atoms with Crippen LogP contribution in [0.1, 0.15) is 25.8 Å². The number of hydrogen-bond donors (Lipinski definition) is 1. The molecule has 0 aliphatic heterocycles. The van der Waals surface area contributed by atoms with Crippen LogP contribution in [0.5, 0.6) is 0 Å². The molecule has 2 atom stereocenters. The third kappa shape index (κ3) is 3.59. The first-order valence-corrected chi connectivity index (χ1v) is 5.11. The third-order valence-corrected chi connectivity index (χ3v) is 2.36. The Morgan fingerprint density at radius 2 is 1.73 bits per heavy atom. The molecule has 15 heavy (non-hydrogen) atoms. The number of aliphatic hydroxyl groups excluding tert-OH is 1. The van der Waals surface area contributed by atoms with E-state index in [0.29, 0.717) is 12.8 Å². The monoisotopic (exact) mass is 214 g/mol. The molecule has 0 heterocycles. The fourth-order valence-corrected chi connectivity index (χ4v) is 1.74. The molecule has 0 fully saturated rings. The van der Waals surface area contributed by atoms with Crippen molar-refractivity contribution in [3.05, 3.63) is 35.4 Å². The predicted octanol–water partition coefficient (Wildman–Crippen LogP) is 2.91. The summed E-state index contributed by atoms with van der Waals surface area (Å²) in [6, 6.07) is 3.87. The standard InChI is InChI=1S/C12H16F2O/c1-8(6-9(2)15)7-10-11(13)4-3-5-12(10)14/h3-5,8-9,15H,6-7H2,1-2H3. The van der Waals surface area contributed by atoms with Gasteiger partial charge in [0.2, 0.25) is 0 Å². The summed E-state index contributed by atoms with van der Waals surface area (Å²) in [4.78, 5) is 0. The van der Waals surface area contributed by atoms with Crippen molar-refractivity contribution < 1.29 is 13.9 Å². The largest absolute Gasteiger partial charge is 0.393 e. The maximum absolute atomic E-state index is 13.2. The second kappa shape index (κ2) is 5.21. The quantitative estimate of drug-likeness (QED) is 0.817. The van der Waals surface area contributed by atoms with E-state index in [1.165, 1.54) is 18.2 Å². The molecule has 0 saturated carbocycles. The number of aliphatic hydroxyl groups is 1. The average molecular weight is 214 g/mol. The Morgan fingerprint density at radius 3 is 2.20 bits per heavy atom. The van der Waals surface area contributed by atoms with Crippen molar-refractivity contribution in [2.24, 2.45) is 5.92 Å². The lowest BCUT2D eigenvalue weighted by Crippen LogP contribution is -2.11. The topological polar surface area (TPSA) is 20.2 Å². The van der Waals surface area contributed by atoms with E-state index in [2.05, 4.69) is 0 Å². The highest BCUT2D eigenvalue weighted by atomic mass is 19.1. The molecule has 1 aromatic carbocycles. The van der Waals surface area contributed by atoms with Gasteiger partial charge >= 0.3 is 0 Å². The Hall–Kier alpha value is -0.960. The molecule has 0 spiro atoms. The highest BCUT2D eigenvalue weighted by Crippen LogP contribution is 2.19. The van der Waals surface area contributed by atoms with Gasteiger partial charge in [0.15, 0.2) is 0 Å². The summed E-state index contributed by atoms with van der Waals surface area (Å²) in [5.74, 6) is -0.948. The minimum Gasteiger partial charge on any atom is -0.393 e. The number of rotatable bonds is 4. The Labute approximate surface area is 88.7 Å². The molecule has 0 amide bonds. The Kier molecular flexibility index (Phi) is 4.21. The molecule has 1 N–H and O–H groups in total. The smallest absolute Gasteiger partial charge is 0.129 e. The van der Waals surface area contributed by atoms with E-state index in [-0.39, 0.29) is 11.5 Å². The molecular formula is C12H16F2O. The third-order valence-electron chi connectivity index (χ3n) is 2.36. The van der Waals surface area contributed by atoms with Gasteiger partial charge in [0.1, 0.15) is 11.6 Å². The average Bonchev–Trinajstić information content (AvgIpc) is 2.10. The molecule has 1 rings (SSSR count). The number of hydrogen-bond acceptors (Lipinski definition) is 1. The van der Waals surface area contributed by atoms with E-state index in [4.69, 9.17) is 5.11 Å². The second-order valence-electron chi connectivity index (χ2n) is 4.09. The summed E-state index contributed by atoms with van der Waals surface area (Å²) < 4.78 is 26.5. The van der Waals surface area contributed by atoms with Gasteiger partial charge in [-0.25, -0.2) is 8.78 Å². The fraction of sp³-hybridized carbons (Fsp3) is 0.500. The van der Waals surface area contributed by atoms with Crippen LogP contribution in [0.4, 0.5) is 8.78 Å². The zero-order chi connectivity index (χ0) is 11.4. The summed E-state index contributed by atoms with van der Waals surface area (Å²) >= 11 is 0. The Morgan fingerprint density at radius 1 is 1.20 bits per heavy atom. The summed E-state index contributed by atoms with van der Waals surface area (Å²) in [6.07, 6.45) is 0.437. The van der Waals surface area contributed by atoms with Gasteiger partial charge in [-0.05, 0) is 37.8 Å². The molecule has 0 radical (unpaired) electrons. The van der Waals surface area contributed by atoms with Crippen LogP contribution >= 0.6 is 0 Å². The molecule has 0 saturated heterocycles. The zero-order valence-electron chi connectivity index (χ0n) is 9.00. The van der Waals surface area contributed by atoms with E-state index < -0.39 is 17.7 Å². The molecule has 0 aliphatic carbocycles. The lowest BCUT2D eigenvalue weighted by molar-refractivity contribution is 0.163. The summed E-state index contributed by atoms with van der Waals surface area (Å²) in [7, 11) is 0. The van der Waals surface area contributed by atoms with Gasteiger partial charge in [0, 0.05) is 5.56 Å². The zero-order valence-corrected chi connectivity index (χ0v) is 9.00. The van der Waals surface area contributed by atoms with Crippen molar-refractivity contribution >= 4 is 0 Å². The second-order valence-corrected chi connectivity index (χ2v) is 4.09. The predicted molar refractivity (Wildman–Crippen MR) is 55.5 cm³/mol. The van der Waals surface area contributed by atoms with Crippen LogP contribution in [0.3, 0.4) is 0 Å². The van der Waals surface area contributed by atoms with Crippen molar-refractivity contribution in [3.63, 3.8) is 0 Å². The van der Waals surface area contributed by atoms with Gasteiger partial charge in [-0.1, -0.05) is 13.0 Å². The Bertz CT molecular complexity index is 303. The van der Waals surface area contributed by atoms with E-state index in [1.54, 1.807) is 6.92 Å². The van der Waals surface area contributed by atoms with Crippen LogP contribution < -0.4 is 0 Å². The lowest BCUT2D eigenvalue weighted by atomic mass is 9.95.